The van der Waals surface area contributed by atoms with Gasteiger partial charge in [0.05, 0.1) is 12.3 Å². The van der Waals surface area contributed by atoms with Crippen molar-refractivity contribution < 1.29 is 9.18 Å². The molecule has 0 spiro atoms. The summed E-state index contributed by atoms with van der Waals surface area (Å²) in [6, 6.07) is 10.2. The molecule has 2 nitrogen and oxygen atoms in total. The number of nitrogens with zero attached hydrogens (tertiary/aromatic N) is 1. The van der Waals surface area contributed by atoms with E-state index < -0.39 is 0 Å². The van der Waals surface area contributed by atoms with E-state index in [4.69, 9.17) is 0 Å². The van der Waals surface area contributed by atoms with Gasteiger partial charge in [-0.1, -0.05) is 12.1 Å². The molecule has 1 aromatic carbocycles. The van der Waals surface area contributed by atoms with Gasteiger partial charge in [0.1, 0.15) is 5.82 Å². The van der Waals surface area contributed by atoms with Crippen LogP contribution < -0.4 is 0 Å². The Balaban J connectivity index is 1.91. The highest BCUT2D eigenvalue weighted by Gasteiger charge is 2.13. The maximum absolute atomic E-state index is 12.8. The third-order valence-corrected chi connectivity index (χ3v) is 4.66. The molecule has 110 valence electrons. The van der Waals surface area contributed by atoms with Crippen LogP contribution in [0.3, 0.4) is 0 Å². The SMILES string of the molecule is C=CCN(Cc1cccs1)C(=O)CSc1ccc(F)cc1. The third-order valence-electron chi connectivity index (χ3n) is 2.80. The number of rotatable bonds is 7. The van der Waals surface area contributed by atoms with E-state index in [1.165, 1.54) is 23.9 Å². The van der Waals surface area contributed by atoms with Gasteiger partial charge in [0.25, 0.3) is 0 Å². The van der Waals surface area contributed by atoms with E-state index in [1.807, 2.05) is 17.5 Å². The molecule has 0 unspecified atom stereocenters. The topological polar surface area (TPSA) is 20.3 Å². The lowest BCUT2D eigenvalue weighted by Gasteiger charge is -2.20. The zero-order chi connectivity index (χ0) is 15.1. The first-order chi connectivity index (χ1) is 10.2. The van der Waals surface area contributed by atoms with Crippen molar-refractivity contribution in [1.82, 2.24) is 4.90 Å². The van der Waals surface area contributed by atoms with Gasteiger partial charge in [-0.3, -0.25) is 4.79 Å². The van der Waals surface area contributed by atoms with Crippen LogP contribution in [0.1, 0.15) is 4.88 Å². The number of benzene rings is 1. The summed E-state index contributed by atoms with van der Waals surface area (Å²) in [6.07, 6.45) is 1.73. The van der Waals surface area contributed by atoms with E-state index in [1.54, 1.807) is 34.4 Å². The molecule has 1 aromatic heterocycles. The average Bonchev–Trinajstić information content (AvgIpc) is 2.99. The molecular formula is C16H16FNOS2. The first-order valence-electron chi connectivity index (χ1n) is 6.48. The van der Waals surface area contributed by atoms with E-state index >= 15 is 0 Å². The Morgan fingerprint density at radius 2 is 2.10 bits per heavy atom. The number of amides is 1. The monoisotopic (exact) mass is 321 g/mol. The molecule has 0 aliphatic rings. The Bertz CT molecular complexity index is 581. The predicted molar refractivity (Wildman–Crippen MR) is 87.1 cm³/mol. The summed E-state index contributed by atoms with van der Waals surface area (Å²) in [5.74, 6) is 0.125. The van der Waals surface area contributed by atoms with Gasteiger partial charge in [-0.15, -0.1) is 29.7 Å². The minimum absolute atomic E-state index is 0.0534. The zero-order valence-electron chi connectivity index (χ0n) is 11.5. The Labute approximate surface area is 132 Å². The Morgan fingerprint density at radius 3 is 2.71 bits per heavy atom. The van der Waals surface area contributed by atoms with Gasteiger partial charge < -0.3 is 4.90 Å². The van der Waals surface area contributed by atoms with Crippen LogP contribution in [-0.4, -0.2) is 23.1 Å². The van der Waals surface area contributed by atoms with Crippen molar-refractivity contribution in [3.05, 3.63) is 65.1 Å². The van der Waals surface area contributed by atoms with Crippen molar-refractivity contribution in [1.29, 1.82) is 0 Å². The van der Waals surface area contributed by atoms with Crippen molar-refractivity contribution in [3.8, 4) is 0 Å². The van der Waals surface area contributed by atoms with Gasteiger partial charge >= 0.3 is 0 Å². The summed E-state index contributed by atoms with van der Waals surface area (Å²) < 4.78 is 12.8. The largest absolute Gasteiger partial charge is 0.333 e. The molecule has 2 rings (SSSR count). The molecule has 0 N–H and O–H groups in total. The van der Waals surface area contributed by atoms with Crippen LogP contribution in [0.15, 0.2) is 59.3 Å². The molecule has 1 heterocycles. The molecule has 0 bridgehead atoms. The number of thioether (sulfide) groups is 1. The third kappa shape index (κ3) is 5.02. The van der Waals surface area contributed by atoms with Gasteiger partial charge in [0.15, 0.2) is 0 Å². The number of carbonyl (C=O) groups excluding carboxylic acids is 1. The van der Waals surface area contributed by atoms with Crippen LogP contribution in [-0.2, 0) is 11.3 Å². The molecule has 0 aliphatic heterocycles. The summed E-state index contributed by atoms with van der Waals surface area (Å²) in [5, 5.41) is 2.00. The molecule has 0 aliphatic carbocycles. The molecule has 21 heavy (non-hydrogen) atoms. The maximum Gasteiger partial charge on any atom is 0.233 e. The fraction of sp³-hybridized carbons (Fsp3) is 0.188. The van der Waals surface area contributed by atoms with Crippen LogP contribution in [0.2, 0.25) is 0 Å². The second-order valence-electron chi connectivity index (χ2n) is 4.38. The van der Waals surface area contributed by atoms with Crippen molar-refractivity contribution >= 4 is 29.0 Å². The lowest BCUT2D eigenvalue weighted by Crippen LogP contribution is -2.31. The fourth-order valence-electron chi connectivity index (χ4n) is 1.77. The smallest absolute Gasteiger partial charge is 0.233 e. The van der Waals surface area contributed by atoms with Crippen LogP contribution in [0.4, 0.5) is 4.39 Å². The van der Waals surface area contributed by atoms with Crippen molar-refractivity contribution in [2.24, 2.45) is 0 Å². The molecule has 0 atom stereocenters. The lowest BCUT2D eigenvalue weighted by atomic mass is 10.3. The van der Waals surface area contributed by atoms with Crippen LogP contribution in [0, 0.1) is 5.82 Å². The quantitative estimate of drug-likeness (QED) is 0.563. The van der Waals surface area contributed by atoms with E-state index in [0.717, 1.165) is 9.77 Å². The number of thiophene rings is 1. The standard InChI is InChI=1S/C16H16FNOS2/c1-2-9-18(11-15-4-3-10-20-15)16(19)12-21-14-7-5-13(17)6-8-14/h2-8,10H,1,9,11-12H2. The molecular weight excluding hydrogens is 305 g/mol. The normalized spacial score (nSPS) is 10.3. The van der Waals surface area contributed by atoms with Gasteiger partial charge in [-0.25, -0.2) is 4.39 Å². The second kappa shape index (κ2) is 8.00. The molecule has 5 heteroatoms. The van der Waals surface area contributed by atoms with Crippen LogP contribution in [0.25, 0.3) is 0 Å². The molecule has 0 radical (unpaired) electrons. The summed E-state index contributed by atoms with van der Waals surface area (Å²) in [7, 11) is 0. The van der Waals surface area contributed by atoms with Crippen LogP contribution in [0.5, 0.6) is 0 Å². The Hall–Kier alpha value is -1.59. The highest BCUT2D eigenvalue weighted by atomic mass is 32.2. The van der Waals surface area contributed by atoms with Crippen molar-refractivity contribution in [3.63, 3.8) is 0 Å². The summed E-state index contributed by atoms with van der Waals surface area (Å²) >= 11 is 3.05. The highest BCUT2D eigenvalue weighted by molar-refractivity contribution is 8.00. The summed E-state index contributed by atoms with van der Waals surface area (Å²) in [6.45, 7) is 4.83. The van der Waals surface area contributed by atoms with E-state index in [2.05, 4.69) is 6.58 Å². The molecule has 2 aromatic rings. The number of hydrogen-bond acceptors (Lipinski definition) is 3. The van der Waals surface area contributed by atoms with Crippen molar-refractivity contribution in [2.45, 2.75) is 11.4 Å². The van der Waals surface area contributed by atoms with Gasteiger partial charge in [-0.2, -0.15) is 0 Å². The van der Waals surface area contributed by atoms with Crippen molar-refractivity contribution in [2.75, 3.05) is 12.3 Å². The van der Waals surface area contributed by atoms with Gasteiger partial charge in [-0.05, 0) is 35.7 Å². The number of halogens is 1. The minimum Gasteiger partial charge on any atom is -0.333 e. The molecule has 0 saturated carbocycles. The van der Waals surface area contributed by atoms with E-state index in [0.29, 0.717) is 18.8 Å². The fourth-order valence-corrected chi connectivity index (χ4v) is 3.29. The zero-order valence-corrected chi connectivity index (χ0v) is 13.1. The van der Waals surface area contributed by atoms with Gasteiger partial charge in [0, 0.05) is 16.3 Å². The minimum atomic E-state index is -0.267. The van der Waals surface area contributed by atoms with E-state index in [-0.39, 0.29) is 11.7 Å². The first kappa shape index (κ1) is 15.8. The Morgan fingerprint density at radius 1 is 1.33 bits per heavy atom. The summed E-state index contributed by atoms with van der Waals surface area (Å²) in [5.41, 5.74) is 0. The number of carbonyl (C=O) groups is 1. The van der Waals surface area contributed by atoms with Crippen LogP contribution >= 0.6 is 23.1 Å². The molecule has 0 fully saturated rings. The second-order valence-corrected chi connectivity index (χ2v) is 6.47. The lowest BCUT2D eigenvalue weighted by molar-refractivity contribution is -0.128. The van der Waals surface area contributed by atoms with Gasteiger partial charge in [0.2, 0.25) is 5.91 Å². The summed E-state index contributed by atoms with van der Waals surface area (Å²) in [4.78, 5) is 16.1. The number of hydrogen-bond donors (Lipinski definition) is 0. The first-order valence-corrected chi connectivity index (χ1v) is 8.35. The Kier molecular flexibility index (Phi) is 6.02. The highest BCUT2D eigenvalue weighted by Crippen LogP contribution is 2.19. The molecule has 1 amide bonds. The van der Waals surface area contributed by atoms with E-state index in [9.17, 15) is 9.18 Å². The molecule has 0 saturated heterocycles. The predicted octanol–water partition coefficient (Wildman–Crippen LogP) is 4.19. The average molecular weight is 321 g/mol. The maximum atomic E-state index is 12.8.